The van der Waals surface area contributed by atoms with Crippen molar-refractivity contribution in [1.82, 2.24) is 4.37 Å². The predicted molar refractivity (Wildman–Crippen MR) is 71.1 cm³/mol. The molecule has 0 amide bonds. The highest BCUT2D eigenvalue weighted by Crippen LogP contribution is 2.30. The number of nitrogens with zero attached hydrogens (tertiary/aromatic N) is 2. The van der Waals surface area contributed by atoms with Crippen molar-refractivity contribution < 1.29 is 0 Å². The topological polar surface area (TPSA) is 42.1 Å². The first-order valence-electron chi connectivity index (χ1n) is 5.48. The summed E-state index contributed by atoms with van der Waals surface area (Å²) in [6, 6.07) is 8.25. The van der Waals surface area contributed by atoms with Crippen LogP contribution in [0.15, 0.2) is 24.3 Å². The van der Waals surface area contributed by atoms with Crippen LogP contribution in [0.3, 0.4) is 0 Å². The monoisotopic (exact) mass is 235 g/mol. The summed E-state index contributed by atoms with van der Waals surface area (Å²) in [6.07, 6.45) is 0. The van der Waals surface area contributed by atoms with Gasteiger partial charge in [0, 0.05) is 19.0 Å². The van der Waals surface area contributed by atoms with E-state index in [1.54, 1.807) is 11.5 Å². The molecule has 1 aromatic carbocycles. The van der Waals surface area contributed by atoms with Gasteiger partial charge in [0.05, 0.1) is 5.52 Å². The molecule has 1 aromatic heterocycles. The number of nitrogens with two attached hydrogens (primary N) is 1. The normalized spacial score (nSPS) is 12.9. The van der Waals surface area contributed by atoms with Crippen LogP contribution in [0.4, 0.5) is 5.00 Å². The van der Waals surface area contributed by atoms with Gasteiger partial charge >= 0.3 is 0 Å². The van der Waals surface area contributed by atoms with E-state index in [1.165, 1.54) is 10.4 Å². The molecule has 0 aliphatic carbocycles. The molecule has 4 heteroatoms. The molecule has 1 unspecified atom stereocenters. The third-order valence-corrected chi connectivity index (χ3v) is 3.69. The number of hydrogen-bond donors (Lipinski definition) is 1. The maximum atomic E-state index is 5.65. The molecule has 0 spiro atoms. The summed E-state index contributed by atoms with van der Waals surface area (Å²) in [5.74, 6) is 0.505. The highest BCUT2D eigenvalue weighted by atomic mass is 32.1. The van der Waals surface area contributed by atoms with Crippen LogP contribution in [0.2, 0.25) is 0 Å². The molecule has 1 atom stereocenters. The molecule has 3 nitrogen and oxygen atoms in total. The van der Waals surface area contributed by atoms with Crippen LogP contribution in [0, 0.1) is 5.92 Å². The summed E-state index contributed by atoms with van der Waals surface area (Å²) in [5, 5.41) is 2.47. The zero-order valence-electron chi connectivity index (χ0n) is 9.68. The summed E-state index contributed by atoms with van der Waals surface area (Å²) in [7, 11) is 2.10. The molecule has 2 N–H and O–H groups in total. The fourth-order valence-electron chi connectivity index (χ4n) is 1.78. The molecule has 1 heterocycles. The quantitative estimate of drug-likeness (QED) is 0.884. The molecule has 0 aliphatic heterocycles. The lowest BCUT2D eigenvalue weighted by Gasteiger charge is -2.20. The van der Waals surface area contributed by atoms with Gasteiger partial charge in [-0.3, -0.25) is 0 Å². The summed E-state index contributed by atoms with van der Waals surface area (Å²) in [5.41, 5.74) is 6.73. The Morgan fingerprint density at radius 3 is 2.94 bits per heavy atom. The largest absolute Gasteiger partial charge is 0.364 e. The first-order valence-corrected chi connectivity index (χ1v) is 6.25. The Kier molecular flexibility index (Phi) is 3.41. The fourth-order valence-corrected chi connectivity index (χ4v) is 2.60. The second kappa shape index (κ2) is 4.80. The van der Waals surface area contributed by atoms with E-state index >= 15 is 0 Å². The van der Waals surface area contributed by atoms with Crippen molar-refractivity contribution >= 4 is 27.4 Å². The zero-order valence-corrected chi connectivity index (χ0v) is 10.5. The Balaban J connectivity index is 2.26. The van der Waals surface area contributed by atoms with Crippen molar-refractivity contribution in [3.63, 3.8) is 0 Å². The number of fused-ring (bicyclic) bond motifs is 1. The van der Waals surface area contributed by atoms with E-state index in [4.69, 9.17) is 5.73 Å². The van der Waals surface area contributed by atoms with Gasteiger partial charge in [0.2, 0.25) is 0 Å². The number of benzene rings is 1. The van der Waals surface area contributed by atoms with Crippen molar-refractivity contribution in [2.75, 3.05) is 25.0 Å². The molecule has 2 aromatic rings. The smallest absolute Gasteiger partial charge is 0.119 e. The molecule has 16 heavy (non-hydrogen) atoms. The Hall–Kier alpha value is -1.13. The van der Waals surface area contributed by atoms with E-state index in [2.05, 4.69) is 41.4 Å². The Morgan fingerprint density at radius 1 is 1.44 bits per heavy atom. The van der Waals surface area contributed by atoms with Crippen LogP contribution in [-0.4, -0.2) is 24.5 Å². The predicted octanol–water partition coefficient (Wildman–Crippen LogP) is 2.33. The maximum absolute atomic E-state index is 5.65. The fraction of sp³-hybridized carbons (Fsp3) is 0.417. The summed E-state index contributed by atoms with van der Waals surface area (Å²) in [6.45, 7) is 3.86. The van der Waals surface area contributed by atoms with Crippen LogP contribution in [-0.2, 0) is 0 Å². The summed E-state index contributed by atoms with van der Waals surface area (Å²) in [4.78, 5) is 2.25. The Labute approximate surface area is 100 Å². The molecule has 2 rings (SSSR count). The maximum Gasteiger partial charge on any atom is 0.119 e. The summed E-state index contributed by atoms with van der Waals surface area (Å²) < 4.78 is 4.44. The van der Waals surface area contributed by atoms with Gasteiger partial charge in [-0.25, -0.2) is 0 Å². The van der Waals surface area contributed by atoms with E-state index in [9.17, 15) is 0 Å². The van der Waals surface area contributed by atoms with E-state index < -0.39 is 0 Å². The summed E-state index contributed by atoms with van der Waals surface area (Å²) >= 11 is 1.56. The van der Waals surface area contributed by atoms with Gasteiger partial charge in [0.15, 0.2) is 0 Å². The standard InChI is InChI=1S/C12H17N3S/c1-9(7-13)8-15(2)12-10-5-3-4-6-11(10)14-16-12/h3-6,9H,7-8,13H2,1-2H3. The van der Waals surface area contributed by atoms with Crippen molar-refractivity contribution in [2.45, 2.75) is 6.92 Å². The number of rotatable bonds is 4. The highest BCUT2D eigenvalue weighted by Gasteiger charge is 2.11. The lowest BCUT2D eigenvalue weighted by molar-refractivity contribution is 0.592. The first kappa shape index (κ1) is 11.4. The van der Waals surface area contributed by atoms with Gasteiger partial charge in [-0.1, -0.05) is 19.1 Å². The van der Waals surface area contributed by atoms with Gasteiger partial charge < -0.3 is 10.6 Å². The highest BCUT2D eigenvalue weighted by molar-refractivity contribution is 7.11. The van der Waals surface area contributed by atoms with Gasteiger partial charge in [-0.2, -0.15) is 4.37 Å². The van der Waals surface area contributed by atoms with E-state index in [0.29, 0.717) is 5.92 Å². The van der Waals surface area contributed by atoms with E-state index in [1.807, 2.05) is 6.07 Å². The van der Waals surface area contributed by atoms with Crippen molar-refractivity contribution in [3.05, 3.63) is 24.3 Å². The van der Waals surface area contributed by atoms with Crippen molar-refractivity contribution in [3.8, 4) is 0 Å². The van der Waals surface area contributed by atoms with Gasteiger partial charge in [0.1, 0.15) is 5.00 Å². The van der Waals surface area contributed by atoms with Crippen LogP contribution >= 0.6 is 11.5 Å². The molecular formula is C12H17N3S. The molecular weight excluding hydrogens is 218 g/mol. The number of anilines is 1. The molecule has 0 fully saturated rings. The van der Waals surface area contributed by atoms with Crippen LogP contribution in [0.5, 0.6) is 0 Å². The van der Waals surface area contributed by atoms with Gasteiger partial charge in [-0.05, 0) is 36.1 Å². The van der Waals surface area contributed by atoms with Crippen LogP contribution in [0.25, 0.3) is 10.9 Å². The molecule has 0 saturated carbocycles. The minimum Gasteiger partial charge on any atom is -0.364 e. The second-order valence-corrected chi connectivity index (χ2v) is 4.98. The number of hydrogen-bond acceptors (Lipinski definition) is 4. The number of aromatic nitrogens is 1. The SMILES string of the molecule is CC(CN)CN(C)c1snc2ccccc12. The first-order chi connectivity index (χ1) is 7.72. The molecule has 0 aliphatic rings. The van der Waals surface area contributed by atoms with Gasteiger partial charge in [-0.15, -0.1) is 0 Å². The van der Waals surface area contributed by atoms with Crippen LogP contribution in [0.1, 0.15) is 6.92 Å². The van der Waals surface area contributed by atoms with E-state index in [0.717, 1.165) is 18.6 Å². The van der Waals surface area contributed by atoms with Crippen molar-refractivity contribution in [1.29, 1.82) is 0 Å². The Morgan fingerprint density at radius 2 is 2.19 bits per heavy atom. The third-order valence-electron chi connectivity index (χ3n) is 2.70. The Bertz CT molecular complexity index is 466. The minimum atomic E-state index is 0.505. The van der Waals surface area contributed by atoms with Crippen LogP contribution < -0.4 is 10.6 Å². The average molecular weight is 235 g/mol. The minimum absolute atomic E-state index is 0.505. The molecule has 86 valence electrons. The molecule has 0 saturated heterocycles. The lowest BCUT2D eigenvalue weighted by Crippen LogP contribution is -2.27. The van der Waals surface area contributed by atoms with Crippen molar-refractivity contribution in [2.24, 2.45) is 11.7 Å². The second-order valence-electron chi connectivity index (χ2n) is 4.23. The zero-order chi connectivity index (χ0) is 11.5. The average Bonchev–Trinajstić information content (AvgIpc) is 2.72. The van der Waals surface area contributed by atoms with E-state index in [-0.39, 0.29) is 0 Å². The lowest BCUT2D eigenvalue weighted by atomic mass is 10.1. The third kappa shape index (κ3) is 2.18. The molecule has 0 bridgehead atoms. The van der Waals surface area contributed by atoms with Gasteiger partial charge in [0.25, 0.3) is 0 Å². The molecule has 0 radical (unpaired) electrons.